The van der Waals surface area contributed by atoms with Crippen LogP contribution in [0.1, 0.15) is 47.7 Å². The first-order chi connectivity index (χ1) is 18.4. The molecule has 0 spiro atoms. The number of nitrogens with zero attached hydrogens (tertiary/aromatic N) is 1. The molecule has 2 aliphatic rings. The Balaban J connectivity index is 1.21. The van der Waals surface area contributed by atoms with E-state index >= 15 is 0 Å². The molecular weight excluding hydrogens is 520 g/mol. The minimum atomic E-state index is -3.58. The van der Waals surface area contributed by atoms with Crippen molar-refractivity contribution in [3.8, 4) is 5.75 Å². The summed E-state index contributed by atoms with van der Waals surface area (Å²) in [5, 5.41) is 4.28. The van der Waals surface area contributed by atoms with Gasteiger partial charge in [0.1, 0.15) is 11.5 Å². The van der Waals surface area contributed by atoms with Crippen molar-refractivity contribution < 1.29 is 22.7 Å². The number of anilines is 2. The van der Waals surface area contributed by atoms with E-state index in [-0.39, 0.29) is 12.2 Å². The van der Waals surface area contributed by atoms with Crippen molar-refractivity contribution in [3.63, 3.8) is 0 Å². The Hall–Kier alpha value is -3.43. The molecule has 2 aliphatic carbocycles. The number of esters is 1. The molecule has 38 heavy (non-hydrogen) atoms. The number of hydrogen-bond donors (Lipinski definition) is 1. The summed E-state index contributed by atoms with van der Waals surface area (Å²) < 4.78 is 37.3. The van der Waals surface area contributed by atoms with E-state index < -0.39 is 21.7 Å². The number of thiazole rings is 1. The topological polar surface area (TPSA) is 94.6 Å². The number of benzene rings is 2. The first kappa shape index (κ1) is 26.2. The van der Waals surface area contributed by atoms with Crippen LogP contribution in [0.5, 0.6) is 5.75 Å². The summed E-state index contributed by atoms with van der Waals surface area (Å²) in [6, 6.07) is 16.9. The molecule has 198 valence electrons. The Morgan fingerprint density at radius 2 is 1.82 bits per heavy atom. The Kier molecular flexibility index (Phi) is 7.95. The van der Waals surface area contributed by atoms with Gasteiger partial charge in [-0.3, -0.25) is 4.79 Å². The molecule has 2 aromatic carbocycles. The van der Waals surface area contributed by atoms with Crippen LogP contribution in [0.2, 0.25) is 0 Å². The number of carbonyl (C=O) groups excluding carboxylic acids is 1. The van der Waals surface area contributed by atoms with E-state index in [1.807, 2.05) is 54.6 Å². The van der Waals surface area contributed by atoms with Gasteiger partial charge in [-0.05, 0) is 67.7 Å². The van der Waals surface area contributed by atoms with Crippen LogP contribution >= 0.6 is 11.3 Å². The minimum absolute atomic E-state index is 0.00689. The summed E-state index contributed by atoms with van der Waals surface area (Å²) in [7, 11) is -2.27. The molecule has 0 saturated heterocycles. The molecule has 0 saturated carbocycles. The highest BCUT2D eigenvalue weighted by Gasteiger charge is 2.28. The minimum Gasteiger partial charge on any atom is -0.469 e. The molecule has 0 bridgehead atoms. The molecule has 7 nitrogen and oxygen atoms in total. The van der Waals surface area contributed by atoms with E-state index in [0.717, 1.165) is 29.2 Å². The summed E-state index contributed by atoms with van der Waals surface area (Å²) in [4.78, 5) is 18.4. The Morgan fingerprint density at radius 3 is 2.50 bits per heavy atom. The molecular formula is C29H30N2O5S2. The van der Waals surface area contributed by atoms with Gasteiger partial charge >= 0.3 is 5.97 Å². The van der Waals surface area contributed by atoms with Gasteiger partial charge in [-0.1, -0.05) is 30.3 Å². The quantitative estimate of drug-likeness (QED) is 0.306. The normalized spacial score (nSPS) is 15.7. The number of aryl methyl sites for hydroxylation is 2. The summed E-state index contributed by atoms with van der Waals surface area (Å²) in [6.45, 7) is 0. The number of allylic oxidation sites excluding steroid dienone is 4. The van der Waals surface area contributed by atoms with Crippen LogP contribution in [0.15, 0.2) is 77.4 Å². The molecule has 1 unspecified atom stereocenters. The van der Waals surface area contributed by atoms with Crippen LogP contribution in [0, 0.1) is 0 Å². The summed E-state index contributed by atoms with van der Waals surface area (Å²) in [5.41, 5.74) is 2.96. The predicted octanol–water partition coefficient (Wildman–Crippen LogP) is 6.08. The average molecular weight is 551 g/mol. The number of hydrogen-bond acceptors (Lipinski definition) is 8. The van der Waals surface area contributed by atoms with E-state index in [9.17, 15) is 13.2 Å². The van der Waals surface area contributed by atoms with E-state index in [0.29, 0.717) is 29.3 Å². The second-order valence-corrected chi connectivity index (χ2v) is 12.6. The number of methoxy groups -OCH3 is 1. The Labute approximate surface area is 227 Å². The first-order valence-corrected chi connectivity index (χ1v) is 15.1. The maximum Gasteiger partial charge on any atom is 0.306 e. The van der Waals surface area contributed by atoms with Crippen LogP contribution < -0.4 is 10.1 Å². The highest BCUT2D eigenvalue weighted by atomic mass is 32.2. The fraction of sp³-hybridized carbons (Fsp3) is 0.310. The average Bonchev–Trinajstić information content (AvgIpc) is 3.52. The highest BCUT2D eigenvalue weighted by Crippen LogP contribution is 2.33. The number of nitrogens with one attached hydrogen (secondary N) is 1. The van der Waals surface area contributed by atoms with Crippen molar-refractivity contribution in [1.29, 1.82) is 0 Å². The van der Waals surface area contributed by atoms with Gasteiger partial charge in [0.15, 0.2) is 15.0 Å². The van der Waals surface area contributed by atoms with Crippen molar-refractivity contribution in [1.82, 2.24) is 4.98 Å². The van der Waals surface area contributed by atoms with Gasteiger partial charge in [-0.15, -0.1) is 11.3 Å². The standard InChI is InChI=1S/C29H30N2O5S2/c1-35-28(32)18-21(20-6-3-2-4-7-20)19-38(33,34)25-16-14-24(15-17-25)36-23-12-10-22(11-13-23)30-29-31-26-8-5-9-27(26)37-29/h2-4,6-7,10-14,16,21H,5,8-9,15,17-19H2,1H3,(H,30,31). The zero-order chi connectivity index (χ0) is 26.5. The second-order valence-electron chi connectivity index (χ2n) is 9.43. The lowest BCUT2D eigenvalue weighted by molar-refractivity contribution is -0.140. The fourth-order valence-electron chi connectivity index (χ4n) is 4.72. The monoisotopic (exact) mass is 550 g/mol. The van der Waals surface area contributed by atoms with Crippen molar-refractivity contribution >= 4 is 38.0 Å². The van der Waals surface area contributed by atoms with Gasteiger partial charge < -0.3 is 14.8 Å². The van der Waals surface area contributed by atoms with Gasteiger partial charge in [0.2, 0.25) is 0 Å². The van der Waals surface area contributed by atoms with Crippen molar-refractivity contribution in [2.75, 3.05) is 18.2 Å². The molecule has 1 N–H and O–H groups in total. The van der Waals surface area contributed by atoms with E-state index in [4.69, 9.17) is 9.47 Å². The molecule has 0 aliphatic heterocycles. The van der Waals surface area contributed by atoms with Gasteiger partial charge in [0, 0.05) is 27.8 Å². The van der Waals surface area contributed by atoms with Crippen molar-refractivity contribution in [2.45, 2.75) is 44.4 Å². The highest BCUT2D eigenvalue weighted by molar-refractivity contribution is 7.95. The van der Waals surface area contributed by atoms with Gasteiger partial charge in [-0.25, -0.2) is 13.4 Å². The predicted molar refractivity (Wildman–Crippen MR) is 149 cm³/mol. The molecule has 5 rings (SSSR count). The van der Waals surface area contributed by atoms with Gasteiger partial charge in [0.05, 0.1) is 25.0 Å². The molecule has 9 heteroatoms. The summed E-state index contributed by atoms with van der Waals surface area (Å²) >= 11 is 1.72. The van der Waals surface area contributed by atoms with E-state index in [1.165, 1.54) is 24.1 Å². The number of fused-ring (bicyclic) bond motifs is 1. The fourth-order valence-corrected chi connectivity index (χ4v) is 7.54. The molecule has 3 aromatic rings. The maximum absolute atomic E-state index is 13.2. The summed E-state index contributed by atoms with van der Waals surface area (Å²) in [6.07, 6.45) is 7.55. The third-order valence-corrected chi connectivity index (χ3v) is 9.81. The molecule has 0 amide bonds. The Bertz CT molecular complexity index is 1440. The summed E-state index contributed by atoms with van der Waals surface area (Å²) in [5.74, 6) is 0.325. The van der Waals surface area contributed by atoms with Crippen LogP contribution in [-0.4, -0.2) is 32.2 Å². The lowest BCUT2D eigenvalue weighted by atomic mass is 9.98. The van der Waals surface area contributed by atoms with Crippen LogP contribution in [0.3, 0.4) is 0 Å². The van der Waals surface area contributed by atoms with Crippen LogP contribution in [-0.2, 0) is 32.2 Å². The second kappa shape index (κ2) is 11.5. The Morgan fingerprint density at radius 1 is 1.03 bits per heavy atom. The SMILES string of the molecule is COC(=O)CC(CS(=O)(=O)C1=CC=C(Oc2ccc(Nc3nc4c(s3)CCC4)cc2)CC1)c1ccccc1. The largest absolute Gasteiger partial charge is 0.469 e. The van der Waals surface area contributed by atoms with Crippen LogP contribution in [0.25, 0.3) is 0 Å². The number of rotatable bonds is 10. The van der Waals surface area contributed by atoms with Crippen molar-refractivity contribution in [2.24, 2.45) is 0 Å². The zero-order valence-electron chi connectivity index (χ0n) is 21.2. The number of carbonyl (C=O) groups is 1. The van der Waals surface area contributed by atoms with E-state index in [1.54, 1.807) is 23.5 Å². The third kappa shape index (κ3) is 6.34. The zero-order valence-corrected chi connectivity index (χ0v) is 22.8. The molecule has 0 fully saturated rings. The maximum atomic E-state index is 13.2. The van der Waals surface area contributed by atoms with Crippen molar-refractivity contribution in [3.05, 3.63) is 93.5 Å². The molecule has 0 radical (unpaired) electrons. The third-order valence-electron chi connectivity index (χ3n) is 6.75. The van der Waals surface area contributed by atoms with Crippen LogP contribution in [0.4, 0.5) is 10.8 Å². The lowest BCUT2D eigenvalue weighted by Crippen LogP contribution is -2.20. The molecule has 1 aromatic heterocycles. The number of aromatic nitrogens is 1. The first-order valence-electron chi connectivity index (χ1n) is 12.7. The van der Waals surface area contributed by atoms with Gasteiger partial charge in [0.25, 0.3) is 0 Å². The number of ether oxygens (including phenoxy) is 2. The van der Waals surface area contributed by atoms with E-state index in [2.05, 4.69) is 10.3 Å². The molecule has 1 heterocycles. The number of sulfone groups is 1. The van der Waals surface area contributed by atoms with Gasteiger partial charge in [-0.2, -0.15) is 0 Å². The smallest absolute Gasteiger partial charge is 0.306 e. The lowest BCUT2D eigenvalue weighted by Gasteiger charge is -2.20. The molecule has 1 atom stereocenters.